The highest BCUT2D eigenvalue weighted by Gasteiger charge is 2.47. The normalized spacial score (nSPS) is 23.0. The minimum absolute atomic E-state index is 0.0122. The maximum atomic E-state index is 17.4. The second kappa shape index (κ2) is 20.1. The highest BCUT2D eigenvalue weighted by atomic mass is 19.1. The molecule has 12 rings (SSSR count). The van der Waals surface area contributed by atoms with Crippen molar-refractivity contribution in [1.29, 1.82) is 5.26 Å². The van der Waals surface area contributed by atoms with E-state index >= 15 is 8.78 Å². The van der Waals surface area contributed by atoms with Crippen LogP contribution < -0.4 is 19.9 Å². The number of benzene rings is 3. The predicted molar refractivity (Wildman–Crippen MR) is 283 cm³/mol. The molecule has 2 aromatic heterocycles. The number of phenols is 1. The van der Waals surface area contributed by atoms with E-state index in [1.165, 1.54) is 30.5 Å². The molecule has 4 atom stereocenters. The van der Waals surface area contributed by atoms with Gasteiger partial charge in [0.2, 0.25) is 17.7 Å². The van der Waals surface area contributed by atoms with Crippen LogP contribution in [0.25, 0.3) is 32.9 Å². The van der Waals surface area contributed by atoms with E-state index in [9.17, 15) is 29.5 Å². The Morgan fingerprint density at radius 2 is 1.69 bits per heavy atom. The van der Waals surface area contributed by atoms with Gasteiger partial charge in [0.15, 0.2) is 5.82 Å². The zero-order valence-corrected chi connectivity index (χ0v) is 43.1. The van der Waals surface area contributed by atoms with E-state index in [1.807, 2.05) is 17.0 Å². The molecular weight excluding hydrogens is 985 g/mol. The number of nitriles is 1. The molecule has 0 spiro atoms. The van der Waals surface area contributed by atoms with Crippen molar-refractivity contribution in [3.63, 3.8) is 0 Å². The van der Waals surface area contributed by atoms with Crippen LogP contribution in [0.1, 0.15) is 86.2 Å². The first-order valence-electron chi connectivity index (χ1n) is 27.1. The lowest BCUT2D eigenvalue weighted by atomic mass is 9.95. The molecule has 2 bridgehead atoms. The molecule has 3 aromatic carbocycles. The summed E-state index contributed by atoms with van der Waals surface area (Å²) in [4.78, 5) is 78.3. The Balaban J connectivity index is 0.704. The molecule has 4 unspecified atom stereocenters. The number of phenolic OH excluding ortho intramolecular Hbond substituents is 1. The SMILES string of the molecule is C#Cc1c(F)ccc2cc(O)cc(-c3ncc4c(N5CC6CCC(C5)N6C(=O)CC(C)C#N)nc(OCC5(CN6CCN(CC7CCN(c8ccc9c(c8)CN(C8CCC(=O)NC8=O)C9=O)CC7)CC6)CC5)nc4c3F)c12. The zero-order valence-electron chi connectivity index (χ0n) is 43.1. The number of ether oxygens (including phenoxy) is 1. The summed E-state index contributed by atoms with van der Waals surface area (Å²) in [7, 11) is 0. The van der Waals surface area contributed by atoms with Gasteiger partial charge in [-0.25, -0.2) is 8.78 Å². The number of imide groups is 1. The van der Waals surface area contributed by atoms with Crippen LogP contribution >= 0.6 is 0 Å². The first-order chi connectivity index (χ1) is 37.2. The monoisotopic (exact) mass is 1050 g/mol. The summed E-state index contributed by atoms with van der Waals surface area (Å²) >= 11 is 0. The number of pyridine rings is 1. The maximum Gasteiger partial charge on any atom is 0.319 e. The number of piperidine rings is 2. The second-order valence-electron chi connectivity index (χ2n) is 22.5. The molecule has 19 heteroatoms. The van der Waals surface area contributed by atoms with Crippen molar-refractivity contribution in [2.24, 2.45) is 17.3 Å². The number of nitrogens with zero attached hydrogens (tertiary/aromatic N) is 10. The topological polar surface area (TPSA) is 192 Å². The molecule has 398 valence electrons. The molecule has 5 saturated heterocycles. The van der Waals surface area contributed by atoms with Gasteiger partial charge in [-0.15, -0.1) is 6.42 Å². The minimum atomic E-state index is -0.804. The van der Waals surface area contributed by atoms with Crippen molar-refractivity contribution in [3.05, 3.63) is 77.0 Å². The quantitative estimate of drug-likeness (QED) is 0.103. The van der Waals surface area contributed by atoms with Crippen LogP contribution in [0.3, 0.4) is 0 Å². The number of aromatic hydroxyl groups is 1. The molecule has 1 aliphatic carbocycles. The fraction of sp³-hybridized carbons (Fsp3) is 0.483. The van der Waals surface area contributed by atoms with E-state index in [0.29, 0.717) is 60.7 Å². The van der Waals surface area contributed by atoms with Gasteiger partial charge in [0.05, 0.1) is 29.5 Å². The standard InChI is InChI=1S/C58H61F2N11O6/c1-3-42-46(59)9-4-36-24-41(72)25-44(50(36)42)52-51(60)53-45(27-62-52)54(69-30-39-5-6-40(31-69)71(39)49(74)22-34(2)26-61)65-57(64-53)77-33-58(14-15-58)32-67-20-18-66(19-21-67)28-35-12-16-68(17-13-35)38-7-8-43-37(23-38)29-70(56(43)76)47-10-11-48(73)63-55(47)75/h1,4,7-9,23-25,27,34-35,39-40,47,72H,5-6,10-22,28-33H2,2H3,(H,63,73,75). The molecule has 5 aromatic rings. The first-order valence-corrected chi connectivity index (χ1v) is 27.1. The van der Waals surface area contributed by atoms with Crippen molar-refractivity contribution in [2.45, 2.75) is 89.4 Å². The van der Waals surface area contributed by atoms with Crippen molar-refractivity contribution in [1.82, 2.24) is 39.9 Å². The second-order valence-corrected chi connectivity index (χ2v) is 22.5. The molecule has 2 N–H and O–H groups in total. The first kappa shape index (κ1) is 50.3. The smallest absolute Gasteiger partial charge is 0.319 e. The number of carbonyl (C=O) groups excluding carboxylic acids is 4. The summed E-state index contributed by atoms with van der Waals surface area (Å²) in [6, 6.07) is 12.8. The number of anilines is 2. The number of terminal acetylenes is 1. The molecule has 8 heterocycles. The van der Waals surface area contributed by atoms with Crippen molar-refractivity contribution in [3.8, 4) is 41.4 Å². The summed E-state index contributed by atoms with van der Waals surface area (Å²) in [5.74, 6) is 0.457. The van der Waals surface area contributed by atoms with Gasteiger partial charge in [-0.2, -0.15) is 15.2 Å². The lowest BCUT2D eigenvalue weighted by molar-refractivity contribution is -0.137. The van der Waals surface area contributed by atoms with Gasteiger partial charge >= 0.3 is 6.01 Å². The number of carbonyl (C=O) groups is 4. The molecule has 17 nitrogen and oxygen atoms in total. The van der Waals surface area contributed by atoms with Crippen LogP contribution in [0, 0.1) is 52.6 Å². The Labute approximate surface area is 445 Å². The maximum absolute atomic E-state index is 17.4. The molecule has 6 fully saturated rings. The van der Waals surface area contributed by atoms with Gasteiger partial charge in [0.25, 0.3) is 5.91 Å². The third-order valence-corrected chi connectivity index (χ3v) is 17.4. The number of hydrogen-bond acceptors (Lipinski definition) is 14. The predicted octanol–water partition coefficient (Wildman–Crippen LogP) is 5.99. The zero-order chi connectivity index (χ0) is 53.3. The number of amides is 4. The Bertz CT molecular complexity index is 3310. The van der Waals surface area contributed by atoms with Crippen molar-refractivity contribution >= 4 is 56.8 Å². The van der Waals surface area contributed by atoms with E-state index in [-0.39, 0.29) is 87.5 Å². The molecule has 77 heavy (non-hydrogen) atoms. The average Bonchev–Trinajstić information content (AvgIpc) is 4.13. The molecule has 7 aliphatic rings. The Morgan fingerprint density at radius 1 is 0.935 bits per heavy atom. The molecule has 4 amide bonds. The highest BCUT2D eigenvalue weighted by molar-refractivity contribution is 6.06. The lowest BCUT2D eigenvalue weighted by Crippen LogP contribution is -2.56. The number of fused-ring (bicyclic) bond motifs is 5. The van der Waals surface area contributed by atoms with E-state index in [1.54, 1.807) is 11.8 Å². The lowest BCUT2D eigenvalue weighted by Gasteiger charge is -2.42. The summed E-state index contributed by atoms with van der Waals surface area (Å²) < 4.78 is 39.1. The summed E-state index contributed by atoms with van der Waals surface area (Å²) in [5.41, 5.74) is 2.34. The summed E-state index contributed by atoms with van der Waals surface area (Å²) in [6.07, 6.45) is 13.6. The fourth-order valence-corrected chi connectivity index (χ4v) is 13.0. The van der Waals surface area contributed by atoms with Crippen LogP contribution in [-0.2, 0) is 20.9 Å². The third-order valence-electron chi connectivity index (χ3n) is 17.4. The Hall–Kier alpha value is -7.48. The van der Waals surface area contributed by atoms with Crippen LogP contribution in [0.2, 0.25) is 0 Å². The van der Waals surface area contributed by atoms with Crippen molar-refractivity contribution < 1.29 is 37.8 Å². The van der Waals surface area contributed by atoms with Crippen LogP contribution in [0.4, 0.5) is 20.3 Å². The number of piperazine rings is 2. The van der Waals surface area contributed by atoms with Crippen LogP contribution in [0.15, 0.2) is 48.7 Å². The number of halogens is 2. The number of aromatic nitrogens is 3. The van der Waals surface area contributed by atoms with Gasteiger partial charge in [-0.1, -0.05) is 12.0 Å². The van der Waals surface area contributed by atoms with Gasteiger partial charge in [-0.05, 0) is 105 Å². The molecular formula is C58H61F2N11O6. The Kier molecular flexibility index (Phi) is 13.2. The van der Waals surface area contributed by atoms with Gasteiger partial charge in [0.1, 0.15) is 34.6 Å². The highest BCUT2D eigenvalue weighted by Crippen LogP contribution is 2.47. The molecule has 1 saturated carbocycles. The largest absolute Gasteiger partial charge is 0.508 e. The van der Waals surface area contributed by atoms with E-state index < -0.39 is 29.5 Å². The number of nitrogens with one attached hydrogen (secondary N) is 1. The van der Waals surface area contributed by atoms with Gasteiger partial charge < -0.3 is 39.2 Å². The minimum Gasteiger partial charge on any atom is -0.508 e. The molecule has 6 aliphatic heterocycles. The van der Waals surface area contributed by atoms with Gasteiger partial charge in [0, 0.05) is 131 Å². The average molecular weight is 1050 g/mol. The summed E-state index contributed by atoms with van der Waals surface area (Å²) in [5, 5.41) is 23.6. The molecule has 0 radical (unpaired) electrons. The van der Waals surface area contributed by atoms with E-state index in [4.69, 9.17) is 21.1 Å². The fourth-order valence-electron chi connectivity index (χ4n) is 13.0. The third kappa shape index (κ3) is 9.62. The summed E-state index contributed by atoms with van der Waals surface area (Å²) in [6.45, 7) is 10.9. The van der Waals surface area contributed by atoms with E-state index in [0.717, 1.165) is 102 Å². The Morgan fingerprint density at radius 3 is 2.40 bits per heavy atom. The van der Waals surface area contributed by atoms with Crippen LogP contribution in [0.5, 0.6) is 11.8 Å². The van der Waals surface area contributed by atoms with Gasteiger partial charge in [-0.3, -0.25) is 29.5 Å². The number of rotatable bonds is 13. The van der Waals surface area contributed by atoms with Crippen molar-refractivity contribution in [2.75, 3.05) is 81.9 Å². The van der Waals surface area contributed by atoms with Crippen LogP contribution in [-0.4, -0.2) is 153 Å². The van der Waals surface area contributed by atoms with E-state index in [2.05, 4.69) is 48.0 Å². The number of hydrogen-bond donors (Lipinski definition) is 2.